The average molecular weight is 165 g/mol. The van der Waals surface area contributed by atoms with Crippen LogP contribution in [0.4, 0.5) is 0 Å². The number of carboxylic acids is 1. The fourth-order valence-electron chi connectivity index (χ4n) is 0.875. The molecule has 0 saturated heterocycles. The van der Waals surface area contributed by atoms with Crippen molar-refractivity contribution >= 4 is 5.97 Å². The molecule has 3 nitrogen and oxygen atoms in total. The highest BCUT2D eigenvalue weighted by molar-refractivity contribution is 5.81. The standard InChI is InChI=1S/C9H11NO2/c1-4-6-9(10-3,7-5-2)8(11)12/h4-5H,1-2,6-7H2,(H,11,12). The molecule has 0 fully saturated rings. The largest absolute Gasteiger partial charge is 0.475 e. The molecule has 12 heavy (non-hydrogen) atoms. The first-order valence-corrected chi connectivity index (χ1v) is 3.47. The lowest BCUT2D eigenvalue weighted by atomic mass is 9.92. The zero-order valence-corrected chi connectivity index (χ0v) is 6.79. The van der Waals surface area contributed by atoms with Crippen LogP contribution in [-0.2, 0) is 4.79 Å². The molecule has 0 rings (SSSR count). The summed E-state index contributed by atoms with van der Waals surface area (Å²) in [6.07, 6.45) is 3.18. The molecule has 0 aromatic heterocycles. The minimum atomic E-state index is -1.39. The SMILES string of the molecule is [C-]#[N+]C(CC=C)(CC=C)C(=O)O. The van der Waals surface area contributed by atoms with Gasteiger partial charge in [0.05, 0.1) is 12.8 Å². The first kappa shape index (κ1) is 10.4. The minimum Gasteiger partial charge on any atom is -0.475 e. The molecule has 0 aromatic rings. The monoisotopic (exact) mass is 165 g/mol. The summed E-state index contributed by atoms with van der Waals surface area (Å²) in [7, 11) is 0. The molecular weight excluding hydrogens is 154 g/mol. The maximum absolute atomic E-state index is 10.7. The van der Waals surface area contributed by atoms with Crippen molar-refractivity contribution in [3.05, 3.63) is 36.7 Å². The Hall–Kier alpha value is -1.56. The van der Waals surface area contributed by atoms with Crippen LogP contribution in [-0.4, -0.2) is 16.6 Å². The summed E-state index contributed by atoms with van der Waals surface area (Å²) in [5.74, 6) is -1.11. The number of hydrogen-bond donors (Lipinski definition) is 1. The molecule has 0 heterocycles. The first-order valence-electron chi connectivity index (χ1n) is 3.47. The Morgan fingerprint density at radius 1 is 1.50 bits per heavy atom. The second kappa shape index (κ2) is 4.35. The van der Waals surface area contributed by atoms with Gasteiger partial charge in [-0.2, -0.15) is 0 Å². The van der Waals surface area contributed by atoms with Gasteiger partial charge in [-0.1, -0.05) is 12.2 Å². The Kier molecular flexibility index (Phi) is 3.78. The molecule has 0 aliphatic heterocycles. The Labute approximate surface area is 71.8 Å². The van der Waals surface area contributed by atoms with E-state index in [1.165, 1.54) is 12.2 Å². The van der Waals surface area contributed by atoms with Crippen LogP contribution in [0.15, 0.2) is 25.3 Å². The molecule has 64 valence electrons. The highest BCUT2D eigenvalue weighted by Gasteiger charge is 2.43. The molecule has 0 bridgehead atoms. The van der Waals surface area contributed by atoms with Crippen LogP contribution in [0.5, 0.6) is 0 Å². The van der Waals surface area contributed by atoms with Crippen molar-refractivity contribution in [3.8, 4) is 0 Å². The molecule has 1 N–H and O–H groups in total. The van der Waals surface area contributed by atoms with Gasteiger partial charge in [-0.15, -0.1) is 13.2 Å². The lowest BCUT2D eigenvalue weighted by Crippen LogP contribution is -2.33. The van der Waals surface area contributed by atoms with Crippen LogP contribution in [0, 0.1) is 6.57 Å². The van der Waals surface area contributed by atoms with Crippen molar-refractivity contribution in [1.82, 2.24) is 0 Å². The van der Waals surface area contributed by atoms with E-state index in [1.54, 1.807) is 0 Å². The lowest BCUT2D eigenvalue weighted by Gasteiger charge is -2.12. The fraction of sp³-hybridized carbons (Fsp3) is 0.333. The second-order valence-corrected chi connectivity index (χ2v) is 2.43. The summed E-state index contributed by atoms with van der Waals surface area (Å²) >= 11 is 0. The Balaban J connectivity index is 4.76. The number of carbonyl (C=O) groups is 1. The van der Waals surface area contributed by atoms with E-state index in [4.69, 9.17) is 11.7 Å². The van der Waals surface area contributed by atoms with Gasteiger partial charge in [0.2, 0.25) is 0 Å². The Morgan fingerprint density at radius 3 is 2.08 bits per heavy atom. The molecule has 0 spiro atoms. The van der Waals surface area contributed by atoms with Crippen LogP contribution < -0.4 is 0 Å². The maximum Gasteiger partial charge on any atom is 0.391 e. The molecule has 0 atom stereocenters. The van der Waals surface area contributed by atoms with Crippen LogP contribution in [0.1, 0.15) is 12.8 Å². The smallest absolute Gasteiger partial charge is 0.391 e. The quantitative estimate of drug-likeness (QED) is 0.499. The minimum absolute atomic E-state index is 0.151. The Bertz CT molecular complexity index is 227. The van der Waals surface area contributed by atoms with Crippen molar-refractivity contribution in [1.29, 1.82) is 0 Å². The average Bonchev–Trinajstić information content (AvgIpc) is 2.03. The predicted octanol–water partition coefficient (Wildman–Crippen LogP) is 1.88. The van der Waals surface area contributed by atoms with Crippen LogP contribution in [0.2, 0.25) is 0 Å². The van der Waals surface area contributed by atoms with Gasteiger partial charge in [-0.05, 0) is 0 Å². The summed E-state index contributed by atoms with van der Waals surface area (Å²) in [6, 6.07) is 0. The number of nitrogens with zero attached hydrogens (tertiary/aromatic N) is 1. The number of rotatable bonds is 5. The molecule has 0 aromatic carbocycles. The van der Waals surface area contributed by atoms with Gasteiger partial charge in [-0.25, -0.2) is 11.4 Å². The highest BCUT2D eigenvalue weighted by Crippen LogP contribution is 2.22. The number of carboxylic acid groups (broad SMARTS) is 1. The predicted molar refractivity (Wildman–Crippen MR) is 46.6 cm³/mol. The number of aliphatic carboxylic acids is 1. The third kappa shape index (κ3) is 1.96. The summed E-state index contributed by atoms with van der Waals surface area (Å²) in [4.78, 5) is 13.8. The number of hydrogen-bond acceptors (Lipinski definition) is 1. The molecule has 0 aliphatic rings. The van der Waals surface area contributed by atoms with E-state index in [0.717, 1.165) is 0 Å². The zero-order valence-electron chi connectivity index (χ0n) is 6.79. The molecular formula is C9H11NO2. The van der Waals surface area contributed by atoms with Crippen LogP contribution >= 0.6 is 0 Å². The molecule has 0 amide bonds. The third-order valence-corrected chi connectivity index (χ3v) is 1.58. The molecule has 3 heteroatoms. The van der Waals surface area contributed by atoms with Crippen LogP contribution in [0.25, 0.3) is 4.85 Å². The van der Waals surface area contributed by atoms with Crippen molar-refractivity contribution in [2.24, 2.45) is 0 Å². The third-order valence-electron chi connectivity index (χ3n) is 1.58. The highest BCUT2D eigenvalue weighted by atomic mass is 16.4. The van der Waals surface area contributed by atoms with E-state index in [2.05, 4.69) is 18.0 Å². The van der Waals surface area contributed by atoms with Crippen molar-refractivity contribution in [2.75, 3.05) is 0 Å². The van der Waals surface area contributed by atoms with Crippen LogP contribution in [0.3, 0.4) is 0 Å². The van der Waals surface area contributed by atoms with Gasteiger partial charge in [0, 0.05) is 0 Å². The fourth-order valence-corrected chi connectivity index (χ4v) is 0.875. The topological polar surface area (TPSA) is 41.7 Å². The van der Waals surface area contributed by atoms with E-state index in [-0.39, 0.29) is 12.8 Å². The zero-order chi connectivity index (χ0) is 9.61. The van der Waals surface area contributed by atoms with E-state index in [1.807, 2.05) is 0 Å². The summed E-state index contributed by atoms with van der Waals surface area (Å²) < 4.78 is 0. The molecule has 0 unspecified atom stereocenters. The van der Waals surface area contributed by atoms with Gasteiger partial charge >= 0.3 is 11.5 Å². The van der Waals surface area contributed by atoms with E-state index < -0.39 is 11.5 Å². The summed E-state index contributed by atoms with van der Waals surface area (Å²) in [6.45, 7) is 13.6. The summed E-state index contributed by atoms with van der Waals surface area (Å²) in [5, 5.41) is 8.78. The van der Waals surface area contributed by atoms with E-state index >= 15 is 0 Å². The normalized spacial score (nSPS) is 9.92. The van der Waals surface area contributed by atoms with E-state index in [9.17, 15) is 4.79 Å². The van der Waals surface area contributed by atoms with Gasteiger partial charge in [-0.3, -0.25) is 4.85 Å². The molecule has 0 aliphatic carbocycles. The molecule has 0 radical (unpaired) electrons. The lowest BCUT2D eigenvalue weighted by molar-refractivity contribution is -0.141. The van der Waals surface area contributed by atoms with Crippen molar-refractivity contribution < 1.29 is 9.90 Å². The van der Waals surface area contributed by atoms with Gasteiger partial charge < -0.3 is 5.11 Å². The summed E-state index contributed by atoms with van der Waals surface area (Å²) in [5.41, 5.74) is -1.39. The van der Waals surface area contributed by atoms with Gasteiger partial charge in [0.25, 0.3) is 0 Å². The van der Waals surface area contributed by atoms with E-state index in [0.29, 0.717) is 0 Å². The maximum atomic E-state index is 10.7. The van der Waals surface area contributed by atoms with Crippen molar-refractivity contribution in [3.63, 3.8) is 0 Å². The van der Waals surface area contributed by atoms with Gasteiger partial charge in [0.1, 0.15) is 0 Å². The van der Waals surface area contributed by atoms with Gasteiger partial charge in [0.15, 0.2) is 0 Å². The first-order chi connectivity index (χ1) is 5.63. The Morgan fingerprint density at radius 2 is 1.92 bits per heavy atom. The second-order valence-electron chi connectivity index (χ2n) is 2.43. The molecule has 0 saturated carbocycles. The van der Waals surface area contributed by atoms with Crippen molar-refractivity contribution in [2.45, 2.75) is 18.4 Å².